The Balaban J connectivity index is 2.42. The van der Waals surface area contributed by atoms with Crippen LogP contribution >= 0.6 is 0 Å². The van der Waals surface area contributed by atoms with Crippen molar-refractivity contribution in [2.75, 3.05) is 0 Å². The molecule has 0 bridgehead atoms. The Morgan fingerprint density at radius 3 is 2.63 bits per heavy atom. The van der Waals surface area contributed by atoms with Crippen LogP contribution in [0.15, 0.2) is 12.5 Å². The van der Waals surface area contributed by atoms with Gasteiger partial charge in [0.15, 0.2) is 0 Å². The van der Waals surface area contributed by atoms with Crippen LogP contribution in [0.1, 0.15) is 46.2 Å². The van der Waals surface area contributed by atoms with E-state index in [2.05, 4.69) is 43.3 Å². The van der Waals surface area contributed by atoms with Gasteiger partial charge in [0.2, 0.25) is 5.91 Å². The summed E-state index contributed by atoms with van der Waals surface area (Å²) in [5.74, 6) is 0.0504. The minimum Gasteiger partial charge on any atom is -0.352 e. The van der Waals surface area contributed by atoms with Crippen LogP contribution in [0.25, 0.3) is 0 Å². The molecular weight excluding hydrogens is 240 g/mol. The van der Waals surface area contributed by atoms with Crippen LogP contribution in [0.4, 0.5) is 0 Å². The number of rotatable bonds is 8. The maximum absolute atomic E-state index is 11.8. The molecule has 0 aromatic carbocycles. The topological polar surface area (TPSA) is 59.0 Å². The average molecular weight is 266 g/mol. The Hall–Kier alpha value is -1.36. The van der Waals surface area contributed by atoms with Gasteiger partial charge in [-0.2, -0.15) is 0 Å². The smallest absolute Gasteiger partial charge is 0.240 e. The van der Waals surface area contributed by atoms with Crippen molar-refractivity contribution in [3.05, 3.63) is 18.2 Å². The molecule has 5 heteroatoms. The van der Waals surface area contributed by atoms with E-state index in [4.69, 9.17) is 0 Å². The molecule has 0 aliphatic heterocycles. The van der Waals surface area contributed by atoms with E-state index in [0.29, 0.717) is 12.6 Å². The average Bonchev–Trinajstić information content (AvgIpc) is 2.81. The first-order valence-electron chi connectivity index (χ1n) is 7.08. The third kappa shape index (κ3) is 5.87. The molecule has 2 N–H and O–H groups in total. The highest BCUT2D eigenvalue weighted by Crippen LogP contribution is 1.99. The van der Waals surface area contributed by atoms with Crippen LogP contribution in [0.5, 0.6) is 0 Å². The summed E-state index contributed by atoms with van der Waals surface area (Å²) in [5.41, 5.74) is 0.962. The van der Waals surface area contributed by atoms with Gasteiger partial charge in [-0.1, -0.05) is 27.7 Å². The predicted molar refractivity (Wildman–Crippen MR) is 76.7 cm³/mol. The van der Waals surface area contributed by atoms with Crippen molar-refractivity contribution >= 4 is 5.91 Å². The van der Waals surface area contributed by atoms with Gasteiger partial charge < -0.3 is 15.2 Å². The highest BCUT2D eigenvalue weighted by Gasteiger charge is 2.09. The van der Waals surface area contributed by atoms with Crippen LogP contribution in [-0.2, 0) is 17.9 Å². The number of amides is 1. The number of hydrogen-bond acceptors (Lipinski definition) is 3. The minimum atomic E-state index is 0.0504. The lowest BCUT2D eigenvalue weighted by atomic mass is 10.2. The van der Waals surface area contributed by atoms with Crippen LogP contribution in [-0.4, -0.2) is 27.5 Å². The van der Waals surface area contributed by atoms with Gasteiger partial charge in [-0.15, -0.1) is 0 Å². The number of imidazole rings is 1. The summed E-state index contributed by atoms with van der Waals surface area (Å²) >= 11 is 0. The summed E-state index contributed by atoms with van der Waals surface area (Å²) in [5, 5.41) is 6.32. The molecule has 0 aliphatic carbocycles. The quantitative estimate of drug-likeness (QED) is 0.752. The van der Waals surface area contributed by atoms with Crippen molar-refractivity contribution in [3.63, 3.8) is 0 Å². The van der Waals surface area contributed by atoms with Crippen molar-refractivity contribution in [3.8, 4) is 0 Å². The number of hydrogen-bond donors (Lipinski definition) is 2. The van der Waals surface area contributed by atoms with E-state index in [1.807, 2.05) is 10.8 Å². The molecule has 0 unspecified atom stereocenters. The highest BCUT2D eigenvalue weighted by atomic mass is 16.2. The fourth-order valence-corrected chi connectivity index (χ4v) is 1.82. The second-order valence-corrected chi connectivity index (χ2v) is 5.15. The van der Waals surface area contributed by atoms with Gasteiger partial charge in [-0.3, -0.25) is 4.79 Å². The van der Waals surface area contributed by atoms with Crippen LogP contribution in [0.3, 0.4) is 0 Å². The van der Waals surface area contributed by atoms with Crippen LogP contribution in [0.2, 0.25) is 0 Å². The maximum Gasteiger partial charge on any atom is 0.240 e. The summed E-state index contributed by atoms with van der Waals surface area (Å²) in [6.07, 6.45) is 5.57. The molecule has 5 nitrogen and oxygen atoms in total. The number of carbonyl (C=O) groups excluding carboxylic acids is 1. The van der Waals surface area contributed by atoms with Gasteiger partial charge in [-0.05, 0) is 12.8 Å². The molecule has 1 rings (SSSR count). The zero-order valence-corrected chi connectivity index (χ0v) is 12.4. The predicted octanol–water partition coefficient (Wildman–Crippen LogP) is 1.69. The summed E-state index contributed by atoms with van der Waals surface area (Å²) < 4.78 is 1.83. The van der Waals surface area contributed by atoms with E-state index >= 15 is 0 Å². The molecule has 0 radical (unpaired) electrons. The molecular formula is C14H26N4O. The van der Waals surface area contributed by atoms with E-state index in [1.54, 1.807) is 6.33 Å². The van der Waals surface area contributed by atoms with Crippen molar-refractivity contribution < 1.29 is 4.79 Å². The summed E-state index contributed by atoms with van der Waals surface area (Å²) in [7, 11) is 0. The van der Waals surface area contributed by atoms with Crippen LogP contribution < -0.4 is 10.6 Å². The first-order chi connectivity index (χ1) is 9.05. The van der Waals surface area contributed by atoms with Crippen LogP contribution in [0, 0.1) is 0 Å². The Morgan fingerprint density at radius 2 is 2.05 bits per heavy atom. The molecule has 0 spiro atoms. The first-order valence-corrected chi connectivity index (χ1v) is 7.08. The van der Waals surface area contributed by atoms with Crippen molar-refractivity contribution in [2.24, 2.45) is 0 Å². The Bertz CT molecular complexity index is 383. The summed E-state index contributed by atoms with van der Waals surface area (Å²) in [6.45, 7) is 9.44. The standard InChI is InChI=1S/C14H26N4O/c1-5-12(6-2)17-14(19)9-18-8-13(16-10-18)7-15-11(3)4/h8,10-12,15H,5-7,9H2,1-4H3,(H,17,19). The van der Waals surface area contributed by atoms with Gasteiger partial charge in [0.25, 0.3) is 0 Å². The second kappa shape index (κ2) is 7.94. The third-order valence-electron chi connectivity index (χ3n) is 3.06. The lowest BCUT2D eigenvalue weighted by molar-refractivity contribution is -0.122. The largest absolute Gasteiger partial charge is 0.352 e. The molecule has 0 saturated carbocycles. The SMILES string of the molecule is CCC(CC)NC(=O)Cn1cnc(CNC(C)C)c1. The molecule has 0 saturated heterocycles. The van der Waals surface area contributed by atoms with E-state index in [0.717, 1.165) is 25.1 Å². The molecule has 0 aliphatic rings. The monoisotopic (exact) mass is 266 g/mol. The molecule has 108 valence electrons. The minimum absolute atomic E-state index is 0.0504. The zero-order valence-electron chi connectivity index (χ0n) is 12.4. The molecule has 1 heterocycles. The van der Waals surface area contributed by atoms with Gasteiger partial charge >= 0.3 is 0 Å². The third-order valence-corrected chi connectivity index (χ3v) is 3.06. The fraction of sp³-hybridized carbons (Fsp3) is 0.714. The van der Waals surface area contributed by atoms with Crippen molar-refractivity contribution in [1.82, 2.24) is 20.2 Å². The lowest BCUT2D eigenvalue weighted by Gasteiger charge is -2.14. The fourth-order valence-electron chi connectivity index (χ4n) is 1.82. The number of aromatic nitrogens is 2. The van der Waals surface area contributed by atoms with Crippen molar-refractivity contribution in [2.45, 2.75) is 65.7 Å². The normalized spacial score (nSPS) is 11.3. The lowest BCUT2D eigenvalue weighted by Crippen LogP contribution is -2.36. The molecule has 1 aromatic rings. The van der Waals surface area contributed by atoms with Gasteiger partial charge in [0.1, 0.15) is 6.54 Å². The van der Waals surface area contributed by atoms with E-state index in [-0.39, 0.29) is 11.9 Å². The maximum atomic E-state index is 11.8. The molecule has 19 heavy (non-hydrogen) atoms. The summed E-state index contributed by atoms with van der Waals surface area (Å²) in [4.78, 5) is 16.1. The number of carbonyl (C=O) groups is 1. The Labute approximate surface area is 115 Å². The number of nitrogens with one attached hydrogen (secondary N) is 2. The molecule has 1 aromatic heterocycles. The molecule has 1 amide bonds. The Morgan fingerprint density at radius 1 is 1.37 bits per heavy atom. The summed E-state index contributed by atoms with van der Waals surface area (Å²) in [6, 6.07) is 0.710. The first kappa shape index (κ1) is 15.7. The van der Waals surface area contributed by atoms with E-state index in [9.17, 15) is 4.79 Å². The van der Waals surface area contributed by atoms with Gasteiger partial charge in [-0.25, -0.2) is 4.98 Å². The molecule has 0 atom stereocenters. The molecule has 0 fully saturated rings. The van der Waals surface area contributed by atoms with E-state index in [1.165, 1.54) is 0 Å². The second-order valence-electron chi connectivity index (χ2n) is 5.15. The zero-order chi connectivity index (χ0) is 14.3. The number of nitrogens with zero attached hydrogens (tertiary/aromatic N) is 2. The van der Waals surface area contributed by atoms with Crippen molar-refractivity contribution in [1.29, 1.82) is 0 Å². The highest BCUT2D eigenvalue weighted by molar-refractivity contribution is 5.76. The Kier molecular flexibility index (Phi) is 6.56. The van der Waals surface area contributed by atoms with Gasteiger partial charge in [0, 0.05) is 24.8 Å². The van der Waals surface area contributed by atoms with E-state index < -0.39 is 0 Å². The van der Waals surface area contributed by atoms with Gasteiger partial charge in [0.05, 0.1) is 12.0 Å².